The molecule has 0 fully saturated rings. The maximum absolute atomic E-state index is 13.8. The average molecular weight is 408 g/mol. The van der Waals surface area contributed by atoms with Crippen LogP contribution in [-0.2, 0) is 6.54 Å². The Bertz CT molecular complexity index is 1020. The molecule has 0 bridgehead atoms. The van der Waals surface area contributed by atoms with Crippen molar-refractivity contribution in [2.45, 2.75) is 20.4 Å². The molecule has 0 aliphatic heterocycles. The molecule has 28 heavy (non-hydrogen) atoms. The van der Waals surface area contributed by atoms with Crippen molar-refractivity contribution in [2.24, 2.45) is 0 Å². The first-order chi connectivity index (χ1) is 13.3. The molecule has 0 aliphatic carbocycles. The molecule has 0 radical (unpaired) electrons. The van der Waals surface area contributed by atoms with E-state index in [4.69, 9.17) is 12.2 Å². The third kappa shape index (κ3) is 4.14. The highest BCUT2D eigenvalue weighted by Crippen LogP contribution is 2.21. The van der Waals surface area contributed by atoms with Crippen molar-refractivity contribution in [3.8, 4) is 0 Å². The van der Waals surface area contributed by atoms with Crippen LogP contribution in [0.3, 0.4) is 0 Å². The smallest absolute Gasteiger partial charge is 0.176 e. The van der Waals surface area contributed by atoms with Crippen LogP contribution in [0.15, 0.2) is 36.5 Å². The number of aromatic nitrogens is 2. The number of aryl methyl sites for hydroxylation is 1. The molecule has 3 aromatic rings. The standard InChI is InChI=1S/C19H16F4N4S/c1-10-4-3-5-15(11(10)2)24-19(28)25-16-6-7-27(26-16)9-12-17(22)13(20)8-14(21)18(12)23/h3-8H,9H2,1-2H3,(H2,24,25,26,28). The molecule has 0 amide bonds. The maximum Gasteiger partial charge on any atom is 0.176 e. The average Bonchev–Trinajstić information content (AvgIpc) is 3.08. The van der Waals surface area contributed by atoms with E-state index in [0.29, 0.717) is 5.82 Å². The normalized spacial score (nSPS) is 10.8. The summed E-state index contributed by atoms with van der Waals surface area (Å²) in [6.07, 6.45) is 1.41. The van der Waals surface area contributed by atoms with Crippen molar-refractivity contribution in [3.63, 3.8) is 0 Å². The van der Waals surface area contributed by atoms with E-state index in [1.807, 2.05) is 32.0 Å². The van der Waals surface area contributed by atoms with Gasteiger partial charge in [0, 0.05) is 24.0 Å². The number of nitrogens with one attached hydrogen (secondary N) is 2. The van der Waals surface area contributed by atoms with Crippen molar-refractivity contribution in [1.82, 2.24) is 9.78 Å². The molecular formula is C19H16F4N4S. The first kappa shape index (κ1) is 19.8. The SMILES string of the molecule is Cc1cccc(NC(=S)Nc2ccn(Cc3c(F)c(F)cc(F)c3F)n2)c1C. The van der Waals surface area contributed by atoms with E-state index < -0.39 is 35.4 Å². The Kier molecular flexibility index (Phi) is 5.64. The fraction of sp³-hybridized carbons (Fsp3) is 0.158. The van der Waals surface area contributed by atoms with E-state index >= 15 is 0 Å². The molecule has 2 N–H and O–H groups in total. The van der Waals surface area contributed by atoms with Gasteiger partial charge in [0.25, 0.3) is 0 Å². The highest BCUT2D eigenvalue weighted by Gasteiger charge is 2.19. The predicted octanol–water partition coefficient (Wildman–Crippen LogP) is 4.91. The topological polar surface area (TPSA) is 41.9 Å². The highest BCUT2D eigenvalue weighted by atomic mass is 32.1. The third-order valence-corrected chi connectivity index (χ3v) is 4.46. The Balaban J connectivity index is 1.71. The van der Waals surface area contributed by atoms with E-state index in [1.54, 1.807) is 0 Å². The lowest BCUT2D eigenvalue weighted by Gasteiger charge is -2.12. The third-order valence-electron chi connectivity index (χ3n) is 4.26. The minimum Gasteiger partial charge on any atom is -0.332 e. The van der Waals surface area contributed by atoms with Gasteiger partial charge in [0.15, 0.2) is 34.2 Å². The van der Waals surface area contributed by atoms with Crippen molar-refractivity contribution in [2.75, 3.05) is 10.6 Å². The molecule has 9 heteroatoms. The Morgan fingerprint density at radius 1 is 1.04 bits per heavy atom. The van der Waals surface area contributed by atoms with E-state index in [-0.39, 0.29) is 11.2 Å². The van der Waals surface area contributed by atoms with Gasteiger partial charge in [-0.3, -0.25) is 4.68 Å². The summed E-state index contributed by atoms with van der Waals surface area (Å²) in [5.74, 6) is -5.51. The monoisotopic (exact) mass is 408 g/mol. The van der Waals surface area contributed by atoms with E-state index in [0.717, 1.165) is 21.5 Å². The minimum atomic E-state index is -1.46. The van der Waals surface area contributed by atoms with Crippen molar-refractivity contribution >= 4 is 28.8 Å². The van der Waals surface area contributed by atoms with Gasteiger partial charge in [0.1, 0.15) is 0 Å². The first-order valence-corrected chi connectivity index (χ1v) is 8.66. The summed E-state index contributed by atoms with van der Waals surface area (Å²) in [6.45, 7) is 3.45. The summed E-state index contributed by atoms with van der Waals surface area (Å²) < 4.78 is 55.4. The lowest BCUT2D eigenvalue weighted by molar-refractivity contribution is 0.431. The molecule has 0 unspecified atom stereocenters. The summed E-state index contributed by atoms with van der Waals surface area (Å²) >= 11 is 5.25. The summed E-state index contributed by atoms with van der Waals surface area (Å²) in [5.41, 5.74) is 2.22. The second-order valence-electron chi connectivity index (χ2n) is 6.17. The molecule has 0 atom stereocenters. The Labute approximate surface area is 164 Å². The Morgan fingerprint density at radius 3 is 2.39 bits per heavy atom. The lowest BCUT2D eigenvalue weighted by Crippen LogP contribution is -2.20. The van der Waals surface area contributed by atoms with Crippen LogP contribution in [0.2, 0.25) is 0 Å². The molecule has 0 spiro atoms. The summed E-state index contributed by atoms with van der Waals surface area (Å²) in [4.78, 5) is 0. The van der Waals surface area contributed by atoms with Crippen LogP contribution >= 0.6 is 12.2 Å². The Morgan fingerprint density at radius 2 is 1.71 bits per heavy atom. The van der Waals surface area contributed by atoms with Crippen LogP contribution in [0.25, 0.3) is 0 Å². The van der Waals surface area contributed by atoms with E-state index in [9.17, 15) is 17.6 Å². The Hall–Kier alpha value is -2.94. The van der Waals surface area contributed by atoms with Gasteiger partial charge in [0.05, 0.1) is 12.1 Å². The molecule has 2 aromatic carbocycles. The summed E-state index contributed by atoms with van der Waals surface area (Å²) in [5, 5.41) is 10.2. The van der Waals surface area contributed by atoms with Crippen molar-refractivity contribution in [1.29, 1.82) is 0 Å². The molecule has 4 nitrogen and oxygen atoms in total. The fourth-order valence-corrected chi connectivity index (χ4v) is 2.81. The lowest BCUT2D eigenvalue weighted by atomic mass is 10.1. The van der Waals surface area contributed by atoms with E-state index in [1.165, 1.54) is 12.3 Å². The maximum atomic E-state index is 13.8. The zero-order chi connectivity index (χ0) is 20.4. The van der Waals surface area contributed by atoms with Gasteiger partial charge < -0.3 is 10.6 Å². The van der Waals surface area contributed by atoms with Gasteiger partial charge in [0.2, 0.25) is 0 Å². The largest absolute Gasteiger partial charge is 0.332 e. The van der Waals surface area contributed by atoms with Crippen LogP contribution in [-0.4, -0.2) is 14.9 Å². The molecule has 146 valence electrons. The van der Waals surface area contributed by atoms with Crippen molar-refractivity contribution < 1.29 is 17.6 Å². The number of anilines is 2. The van der Waals surface area contributed by atoms with Crippen LogP contribution in [0.4, 0.5) is 29.1 Å². The zero-order valence-electron chi connectivity index (χ0n) is 15.0. The summed E-state index contributed by atoms with van der Waals surface area (Å²) in [6, 6.07) is 7.43. The van der Waals surface area contributed by atoms with Crippen molar-refractivity contribution in [3.05, 3.63) is 76.5 Å². The van der Waals surface area contributed by atoms with Gasteiger partial charge in [-0.05, 0) is 43.3 Å². The minimum absolute atomic E-state index is 0.168. The highest BCUT2D eigenvalue weighted by molar-refractivity contribution is 7.80. The number of halogens is 4. The van der Waals surface area contributed by atoms with E-state index in [2.05, 4.69) is 15.7 Å². The second kappa shape index (κ2) is 7.97. The van der Waals surface area contributed by atoms with Gasteiger partial charge in [-0.15, -0.1) is 0 Å². The van der Waals surface area contributed by atoms with Crippen LogP contribution in [0, 0.1) is 37.1 Å². The number of hydrogen-bond acceptors (Lipinski definition) is 2. The van der Waals surface area contributed by atoms with Crippen LogP contribution < -0.4 is 10.6 Å². The molecule has 0 saturated carbocycles. The first-order valence-electron chi connectivity index (χ1n) is 8.26. The second-order valence-corrected chi connectivity index (χ2v) is 6.58. The zero-order valence-corrected chi connectivity index (χ0v) is 15.8. The predicted molar refractivity (Wildman–Crippen MR) is 103 cm³/mol. The number of hydrogen-bond donors (Lipinski definition) is 2. The van der Waals surface area contributed by atoms with Crippen LogP contribution in [0.1, 0.15) is 16.7 Å². The molecule has 0 aliphatic rings. The molecule has 3 rings (SSSR count). The summed E-state index contributed by atoms with van der Waals surface area (Å²) in [7, 11) is 0. The fourth-order valence-electron chi connectivity index (χ4n) is 2.60. The van der Waals surface area contributed by atoms with Gasteiger partial charge >= 0.3 is 0 Å². The number of benzene rings is 2. The number of rotatable bonds is 4. The van der Waals surface area contributed by atoms with Gasteiger partial charge in [-0.1, -0.05) is 12.1 Å². The number of nitrogens with zero attached hydrogens (tertiary/aromatic N) is 2. The van der Waals surface area contributed by atoms with Crippen LogP contribution in [0.5, 0.6) is 0 Å². The molecule has 1 aromatic heterocycles. The quantitative estimate of drug-likeness (QED) is 0.366. The number of thiocarbonyl (C=S) groups is 1. The molecule has 0 saturated heterocycles. The molecule has 1 heterocycles. The molecular weight excluding hydrogens is 392 g/mol. The van der Waals surface area contributed by atoms with Gasteiger partial charge in [-0.25, -0.2) is 17.6 Å². The van der Waals surface area contributed by atoms with Gasteiger partial charge in [-0.2, -0.15) is 5.10 Å².